The highest BCUT2D eigenvalue weighted by Crippen LogP contribution is 2.07. The van der Waals surface area contributed by atoms with E-state index in [1.165, 1.54) is 0 Å². The molecule has 0 aliphatic carbocycles. The largest absolute Gasteiger partial charge is 0.315 e. The minimum absolute atomic E-state index is 0.0610. The molecule has 2 heterocycles. The van der Waals surface area contributed by atoms with Crippen molar-refractivity contribution in [1.29, 1.82) is 0 Å². The molecule has 0 bridgehead atoms. The van der Waals surface area contributed by atoms with Crippen molar-refractivity contribution in [3.8, 4) is 0 Å². The van der Waals surface area contributed by atoms with Gasteiger partial charge in [-0.15, -0.1) is 0 Å². The van der Waals surface area contributed by atoms with Gasteiger partial charge < -0.3 is 16.0 Å². The van der Waals surface area contributed by atoms with Crippen LogP contribution in [0.1, 0.15) is 0 Å². The molecule has 0 spiro atoms. The van der Waals surface area contributed by atoms with E-state index in [0.29, 0.717) is 5.78 Å². The molecule has 68 valence electrons. The molecule has 0 radical (unpaired) electrons. The molecule has 0 saturated carbocycles. The van der Waals surface area contributed by atoms with Gasteiger partial charge in [-0.3, -0.25) is 4.79 Å². The Balaban J connectivity index is 1.84. The van der Waals surface area contributed by atoms with Crippen molar-refractivity contribution in [2.45, 2.75) is 6.04 Å². The average Bonchev–Trinajstić information content (AvgIpc) is 2.03. The normalized spacial score (nSPS) is 31.2. The van der Waals surface area contributed by atoms with E-state index in [1.54, 1.807) is 0 Å². The van der Waals surface area contributed by atoms with Crippen LogP contribution in [0, 0.1) is 5.92 Å². The molecule has 2 aliphatic heterocycles. The molecule has 4 nitrogen and oxygen atoms in total. The predicted molar refractivity (Wildman–Crippen MR) is 46.0 cm³/mol. The maximum absolute atomic E-state index is 11.6. The Morgan fingerprint density at radius 1 is 1.08 bits per heavy atom. The van der Waals surface area contributed by atoms with Gasteiger partial charge in [-0.05, 0) is 0 Å². The second-order valence-electron chi connectivity index (χ2n) is 3.47. The van der Waals surface area contributed by atoms with E-state index in [1.807, 2.05) is 0 Å². The molecule has 2 saturated heterocycles. The van der Waals surface area contributed by atoms with Gasteiger partial charge in [0.2, 0.25) is 0 Å². The van der Waals surface area contributed by atoms with E-state index in [-0.39, 0.29) is 12.0 Å². The number of Topliss-reactive ketones (excluding diaryl/α,β-unsaturated/α-hetero) is 1. The predicted octanol–water partition coefficient (Wildman–Crippen LogP) is -1.66. The van der Waals surface area contributed by atoms with E-state index in [0.717, 1.165) is 32.7 Å². The lowest BCUT2D eigenvalue weighted by Gasteiger charge is -2.31. The van der Waals surface area contributed by atoms with Gasteiger partial charge in [0.25, 0.3) is 0 Å². The highest BCUT2D eigenvalue weighted by Gasteiger charge is 2.31. The highest BCUT2D eigenvalue weighted by molar-refractivity contribution is 5.87. The van der Waals surface area contributed by atoms with Gasteiger partial charge in [-0.1, -0.05) is 0 Å². The number of carbonyl (C=O) groups is 1. The molecule has 12 heavy (non-hydrogen) atoms. The standard InChI is InChI=1S/C8H15N3O/c12-8(6-3-10-4-6)7-5-9-1-2-11-7/h6-7,9-11H,1-5H2. The number of nitrogens with one attached hydrogen (secondary N) is 3. The van der Waals surface area contributed by atoms with Crippen molar-refractivity contribution in [1.82, 2.24) is 16.0 Å². The maximum atomic E-state index is 11.6. The summed E-state index contributed by atoms with van der Waals surface area (Å²) in [6.07, 6.45) is 0. The summed E-state index contributed by atoms with van der Waals surface area (Å²) in [5.74, 6) is 0.642. The zero-order valence-electron chi connectivity index (χ0n) is 7.10. The van der Waals surface area contributed by atoms with E-state index in [2.05, 4.69) is 16.0 Å². The van der Waals surface area contributed by atoms with Gasteiger partial charge in [-0.2, -0.15) is 0 Å². The summed E-state index contributed by atoms with van der Waals surface area (Å²) in [7, 11) is 0. The highest BCUT2D eigenvalue weighted by atomic mass is 16.1. The first-order chi connectivity index (χ1) is 5.88. The summed E-state index contributed by atoms with van der Waals surface area (Å²) < 4.78 is 0. The third-order valence-corrected chi connectivity index (χ3v) is 2.57. The Hall–Kier alpha value is -0.450. The fourth-order valence-electron chi connectivity index (χ4n) is 1.63. The van der Waals surface area contributed by atoms with Crippen LogP contribution in [-0.4, -0.2) is 44.5 Å². The van der Waals surface area contributed by atoms with Crippen molar-refractivity contribution < 1.29 is 4.79 Å². The SMILES string of the molecule is O=C(C1CNC1)C1CNCCN1. The first-order valence-corrected chi connectivity index (χ1v) is 4.56. The summed E-state index contributed by atoms with van der Waals surface area (Å²) in [5, 5.41) is 9.56. The number of hydrogen-bond donors (Lipinski definition) is 3. The summed E-state index contributed by atoms with van der Waals surface area (Å²) in [6, 6.07) is 0.0610. The molecule has 0 amide bonds. The molecular formula is C8H15N3O. The summed E-state index contributed by atoms with van der Waals surface area (Å²) in [5.41, 5.74) is 0. The lowest BCUT2D eigenvalue weighted by Crippen LogP contribution is -2.58. The molecule has 3 N–H and O–H groups in total. The lowest BCUT2D eigenvalue weighted by atomic mass is 9.92. The Labute approximate surface area is 72.1 Å². The minimum Gasteiger partial charge on any atom is -0.315 e. The van der Waals surface area contributed by atoms with Gasteiger partial charge >= 0.3 is 0 Å². The van der Waals surface area contributed by atoms with Gasteiger partial charge in [0.15, 0.2) is 5.78 Å². The summed E-state index contributed by atoms with van der Waals surface area (Å²) in [4.78, 5) is 11.6. The molecule has 0 aromatic heterocycles. The van der Waals surface area contributed by atoms with Crippen LogP contribution in [0.3, 0.4) is 0 Å². The number of ketones is 1. The number of hydrogen-bond acceptors (Lipinski definition) is 4. The Bertz CT molecular complexity index is 173. The molecule has 0 aromatic rings. The monoisotopic (exact) mass is 169 g/mol. The van der Waals surface area contributed by atoms with E-state index in [9.17, 15) is 4.79 Å². The smallest absolute Gasteiger partial charge is 0.156 e. The molecule has 1 atom stereocenters. The van der Waals surface area contributed by atoms with E-state index >= 15 is 0 Å². The number of carbonyl (C=O) groups excluding carboxylic acids is 1. The van der Waals surface area contributed by atoms with Crippen LogP contribution in [-0.2, 0) is 4.79 Å². The number of rotatable bonds is 2. The second-order valence-corrected chi connectivity index (χ2v) is 3.47. The van der Waals surface area contributed by atoms with Crippen LogP contribution in [0.4, 0.5) is 0 Å². The van der Waals surface area contributed by atoms with Crippen LogP contribution < -0.4 is 16.0 Å². The molecule has 0 aromatic carbocycles. The van der Waals surface area contributed by atoms with E-state index < -0.39 is 0 Å². The fraction of sp³-hybridized carbons (Fsp3) is 0.875. The third-order valence-electron chi connectivity index (χ3n) is 2.57. The maximum Gasteiger partial charge on any atom is 0.156 e. The molecule has 2 fully saturated rings. The molecule has 2 rings (SSSR count). The van der Waals surface area contributed by atoms with Gasteiger partial charge in [0.05, 0.1) is 6.04 Å². The molecule has 2 aliphatic rings. The second kappa shape index (κ2) is 3.51. The summed E-state index contributed by atoms with van der Waals surface area (Å²) in [6.45, 7) is 4.44. The topological polar surface area (TPSA) is 53.2 Å². The Kier molecular flexibility index (Phi) is 2.39. The lowest BCUT2D eigenvalue weighted by molar-refractivity contribution is -0.126. The quantitative estimate of drug-likeness (QED) is 0.463. The third kappa shape index (κ3) is 1.50. The van der Waals surface area contributed by atoms with Crippen molar-refractivity contribution >= 4 is 5.78 Å². The van der Waals surface area contributed by atoms with Crippen molar-refractivity contribution in [3.63, 3.8) is 0 Å². The van der Waals surface area contributed by atoms with Crippen molar-refractivity contribution in [2.24, 2.45) is 5.92 Å². The van der Waals surface area contributed by atoms with Gasteiger partial charge in [0, 0.05) is 38.6 Å². The molecular weight excluding hydrogens is 154 g/mol. The first-order valence-electron chi connectivity index (χ1n) is 4.56. The minimum atomic E-state index is 0.0610. The first kappa shape index (κ1) is 8.16. The van der Waals surface area contributed by atoms with Crippen LogP contribution in [0.25, 0.3) is 0 Å². The Morgan fingerprint density at radius 2 is 1.92 bits per heavy atom. The molecule has 4 heteroatoms. The fourth-order valence-corrected chi connectivity index (χ4v) is 1.63. The van der Waals surface area contributed by atoms with Crippen molar-refractivity contribution in [3.05, 3.63) is 0 Å². The molecule has 1 unspecified atom stereocenters. The number of piperazine rings is 1. The van der Waals surface area contributed by atoms with Crippen LogP contribution >= 0.6 is 0 Å². The zero-order chi connectivity index (χ0) is 8.39. The van der Waals surface area contributed by atoms with Gasteiger partial charge in [-0.25, -0.2) is 0 Å². The summed E-state index contributed by atoms with van der Waals surface area (Å²) >= 11 is 0. The van der Waals surface area contributed by atoms with Crippen LogP contribution in [0.5, 0.6) is 0 Å². The average molecular weight is 169 g/mol. The zero-order valence-corrected chi connectivity index (χ0v) is 7.10. The van der Waals surface area contributed by atoms with Crippen molar-refractivity contribution in [2.75, 3.05) is 32.7 Å². The Morgan fingerprint density at radius 3 is 2.42 bits per heavy atom. The van der Waals surface area contributed by atoms with Gasteiger partial charge in [0.1, 0.15) is 0 Å². The van der Waals surface area contributed by atoms with E-state index in [4.69, 9.17) is 0 Å². The van der Waals surface area contributed by atoms with Crippen LogP contribution in [0.15, 0.2) is 0 Å². The van der Waals surface area contributed by atoms with Crippen LogP contribution in [0.2, 0.25) is 0 Å².